The Hall–Kier alpha value is -3.99. The van der Waals surface area contributed by atoms with Crippen LogP contribution in [-0.4, -0.2) is 36.7 Å². The highest BCUT2D eigenvalue weighted by molar-refractivity contribution is 6.04. The Labute approximate surface area is 211 Å². The number of nitrogens with one attached hydrogen (secondary N) is 2. The number of anilines is 1. The smallest absolute Gasteiger partial charge is 0.322 e. The van der Waals surface area contributed by atoms with Crippen molar-refractivity contribution in [1.29, 1.82) is 0 Å². The predicted molar refractivity (Wildman–Crippen MR) is 132 cm³/mol. The number of amides is 1. The summed E-state index contributed by atoms with van der Waals surface area (Å²) in [4.78, 5) is 13.1. The molecule has 2 aromatic carbocycles. The van der Waals surface area contributed by atoms with Gasteiger partial charge in [-0.05, 0) is 68.1 Å². The summed E-state index contributed by atoms with van der Waals surface area (Å²) < 4.78 is 43.8. The van der Waals surface area contributed by atoms with E-state index in [0.717, 1.165) is 41.8 Å². The Morgan fingerprint density at radius 2 is 1.92 bits per heavy atom. The second kappa shape index (κ2) is 9.47. The fourth-order valence-corrected chi connectivity index (χ4v) is 4.04. The molecule has 2 N–H and O–H groups in total. The van der Waals surface area contributed by atoms with Crippen molar-refractivity contribution in [2.75, 3.05) is 5.32 Å². The molecular weight excluding hydrogens is 483 g/mol. The number of rotatable bonds is 7. The summed E-state index contributed by atoms with van der Waals surface area (Å²) in [6.45, 7) is 4.11. The van der Waals surface area contributed by atoms with E-state index in [9.17, 15) is 18.0 Å². The molecular formula is C26H26F3N7O. The van der Waals surface area contributed by atoms with Gasteiger partial charge in [-0.2, -0.15) is 18.3 Å². The van der Waals surface area contributed by atoms with Gasteiger partial charge in [-0.3, -0.25) is 9.48 Å². The first-order chi connectivity index (χ1) is 17.6. The molecule has 0 radical (unpaired) electrons. The van der Waals surface area contributed by atoms with Crippen LogP contribution in [0.2, 0.25) is 0 Å². The fourth-order valence-electron chi connectivity index (χ4n) is 4.04. The molecule has 0 spiro atoms. The van der Waals surface area contributed by atoms with E-state index in [4.69, 9.17) is 0 Å². The Morgan fingerprint density at radius 1 is 1.14 bits per heavy atom. The standard InChI is InChI=1S/C26H26F3N7O/c1-15-4-5-18(10-24(15)36-14-23(33-34-36)22-13-31-35(3)16(22)2)25(37)32-21-9-17(12-30-20-6-7-20)8-19(11-21)26(27,28)29/h4-5,8-11,13-14,20,30H,6-7,12H2,1-3H3,(H,32,37). The molecule has 1 fully saturated rings. The van der Waals surface area contributed by atoms with Crippen molar-refractivity contribution in [3.63, 3.8) is 0 Å². The van der Waals surface area contributed by atoms with Crippen LogP contribution in [0.4, 0.5) is 18.9 Å². The molecule has 0 aliphatic heterocycles. The van der Waals surface area contributed by atoms with E-state index in [2.05, 4.69) is 26.0 Å². The van der Waals surface area contributed by atoms with Gasteiger partial charge < -0.3 is 10.6 Å². The molecule has 37 heavy (non-hydrogen) atoms. The van der Waals surface area contributed by atoms with Gasteiger partial charge in [0.2, 0.25) is 0 Å². The SMILES string of the molecule is Cc1ccc(C(=O)Nc2cc(CNC3CC3)cc(C(F)(F)F)c2)cc1-n1cc(-c2cnn(C)c2C)nn1. The summed E-state index contributed by atoms with van der Waals surface area (Å²) in [5.41, 5.74) is 3.92. The van der Waals surface area contributed by atoms with E-state index in [1.165, 1.54) is 0 Å². The first kappa shape index (κ1) is 24.7. The van der Waals surface area contributed by atoms with Gasteiger partial charge in [-0.25, -0.2) is 4.68 Å². The molecule has 5 rings (SSSR count). The fraction of sp³-hybridized carbons (Fsp3) is 0.308. The number of hydrogen-bond acceptors (Lipinski definition) is 5. The van der Waals surface area contributed by atoms with Crippen LogP contribution in [0, 0.1) is 13.8 Å². The van der Waals surface area contributed by atoms with Gasteiger partial charge in [0.15, 0.2) is 0 Å². The van der Waals surface area contributed by atoms with Crippen LogP contribution in [0.1, 0.15) is 45.6 Å². The molecule has 11 heteroatoms. The minimum atomic E-state index is -4.52. The Balaban J connectivity index is 1.40. The summed E-state index contributed by atoms with van der Waals surface area (Å²) in [6, 6.07) is 9.01. The molecule has 0 atom stereocenters. The summed E-state index contributed by atoms with van der Waals surface area (Å²) >= 11 is 0. The Kier molecular flexibility index (Phi) is 6.32. The van der Waals surface area contributed by atoms with Crippen LogP contribution in [0.15, 0.2) is 48.8 Å². The highest BCUT2D eigenvalue weighted by Crippen LogP contribution is 2.32. The number of carbonyl (C=O) groups is 1. The van der Waals surface area contributed by atoms with E-state index in [1.807, 2.05) is 20.9 Å². The molecule has 8 nitrogen and oxygen atoms in total. The molecule has 0 saturated heterocycles. The lowest BCUT2D eigenvalue weighted by Gasteiger charge is -2.14. The van der Waals surface area contributed by atoms with Gasteiger partial charge in [-0.15, -0.1) is 5.10 Å². The van der Waals surface area contributed by atoms with Crippen LogP contribution < -0.4 is 10.6 Å². The molecule has 1 aliphatic rings. The van der Waals surface area contributed by atoms with E-state index >= 15 is 0 Å². The largest absolute Gasteiger partial charge is 0.416 e. The van der Waals surface area contributed by atoms with E-state index < -0.39 is 17.6 Å². The third-order valence-electron chi connectivity index (χ3n) is 6.47. The molecule has 4 aromatic rings. The lowest BCUT2D eigenvalue weighted by atomic mass is 10.1. The van der Waals surface area contributed by atoms with Crippen molar-refractivity contribution in [1.82, 2.24) is 30.1 Å². The average molecular weight is 510 g/mol. The number of hydrogen-bond donors (Lipinski definition) is 2. The monoisotopic (exact) mass is 509 g/mol. The quantitative estimate of drug-likeness (QED) is 0.373. The second-order valence-electron chi connectivity index (χ2n) is 9.34. The molecule has 0 bridgehead atoms. The van der Waals surface area contributed by atoms with Crippen molar-refractivity contribution < 1.29 is 18.0 Å². The van der Waals surface area contributed by atoms with Crippen molar-refractivity contribution in [2.24, 2.45) is 7.05 Å². The number of aromatic nitrogens is 5. The molecule has 2 aromatic heterocycles. The van der Waals surface area contributed by atoms with E-state index in [-0.39, 0.29) is 11.3 Å². The zero-order valence-electron chi connectivity index (χ0n) is 20.6. The maximum Gasteiger partial charge on any atom is 0.416 e. The van der Waals surface area contributed by atoms with Gasteiger partial charge in [0.1, 0.15) is 5.69 Å². The zero-order chi connectivity index (χ0) is 26.3. The van der Waals surface area contributed by atoms with Crippen LogP contribution in [0.25, 0.3) is 16.9 Å². The summed E-state index contributed by atoms with van der Waals surface area (Å²) in [7, 11) is 1.84. The summed E-state index contributed by atoms with van der Waals surface area (Å²) in [5.74, 6) is -0.523. The first-order valence-electron chi connectivity index (χ1n) is 11.9. The lowest BCUT2D eigenvalue weighted by Crippen LogP contribution is -2.18. The molecule has 0 unspecified atom stereocenters. The van der Waals surface area contributed by atoms with Crippen LogP contribution in [-0.2, 0) is 19.8 Å². The maximum atomic E-state index is 13.5. The van der Waals surface area contributed by atoms with Gasteiger partial charge in [0.25, 0.3) is 5.91 Å². The predicted octanol–water partition coefficient (Wildman–Crippen LogP) is 4.81. The van der Waals surface area contributed by atoms with Crippen LogP contribution in [0.5, 0.6) is 0 Å². The Bertz CT molecular complexity index is 1470. The van der Waals surface area contributed by atoms with Crippen molar-refractivity contribution >= 4 is 11.6 Å². The number of halogens is 3. The minimum absolute atomic E-state index is 0.0876. The lowest BCUT2D eigenvalue weighted by molar-refractivity contribution is -0.137. The highest BCUT2D eigenvalue weighted by Gasteiger charge is 2.31. The maximum absolute atomic E-state index is 13.5. The first-order valence-corrected chi connectivity index (χ1v) is 11.9. The van der Waals surface area contributed by atoms with Crippen LogP contribution >= 0.6 is 0 Å². The Morgan fingerprint density at radius 3 is 2.59 bits per heavy atom. The average Bonchev–Trinajstić information content (AvgIpc) is 3.46. The normalized spacial score (nSPS) is 13.7. The van der Waals surface area contributed by atoms with Crippen molar-refractivity contribution in [3.8, 4) is 16.9 Å². The van der Waals surface area contributed by atoms with Gasteiger partial charge >= 0.3 is 6.18 Å². The molecule has 1 saturated carbocycles. The number of aryl methyl sites for hydroxylation is 2. The molecule has 2 heterocycles. The molecule has 192 valence electrons. The number of carbonyl (C=O) groups excluding carboxylic acids is 1. The third-order valence-corrected chi connectivity index (χ3v) is 6.47. The molecule has 1 aliphatic carbocycles. The zero-order valence-corrected chi connectivity index (χ0v) is 20.6. The molecule has 1 amide bonds. The van der Waals surface area contributed by atoms with Crippen molar-refractivity contribution in [3.05, 3.63) is 76.7 Å². The van der Waals surface area contributed by atoms with Crippen molar-refractivity contribution in [2.45, 2.75) is 45.5 Å². The summed E-state index contributed by atoms with van der Waals surface area (Å²) in [6.07, 6.45) is 0.980. The third kappa shape index (κ3) is 5.41. The van der Waals surface area contributed by atoms with E-state index in [1.54, 1.807) is 46.0 Å². The highest BCUT2D eigenvalue weighted by atomic mass is 19.4. The topological polar surface area (TPSA) is 89.7 Å². The van der Waals surface area contributed by atoms with Gasteiger partial charge in [-0.1, -0.05) is 11.3 Å². The minimum Gasteiger partial charge on any atom is -0.322 e. The second-order valence-corrected chi connectivity index (χ2v) is 9.34. The van der Waals surface area contributed by atoms with Crippen LogP contribution in [0.3, 0.4) is 0 Å². The van der Waals surface area contributed by atoms with Gasteiger partial charge in [0, 0.05) is 42.1 Å². The number of benzene rings is 2. The van der Waals surface area contributed by atoms with Gasteiger partial charge in [0.05, 0.1) is 23.6 Å². The van der Waals surface area contributed by atoms with E-state index in [0.29, 0.717) is 29.5 Å². The summed E-state index contributed by atoms with van der Waals surface area (Å²) in [5, 5.41) is 18.5. The number of nitrogens with zero attached hydrogens (tertiary/aromatic N) is 5. The number of alkyl halides is 3.